The van der Waals surface area contributed by atoms with E-state index >= 15 is 0 Å². The summed E-state index contributed by atoms with van der Waals surface area (Å²) in [5.41, 5.74) is 1.48. The average Bonchev–Trinajstić information content (AvgIpc) is 2.83. The van der Waals surface area contributed by atoms with E-state index in [1.807, 2.05) is 0 Å². The molecule has 7 heteroatoms. The Balaban J connectivity index is 2.16. The number of aliphatic carboxylic acids is 1. The molecule has 24 heavy (non-hydrogen) atoms. The van der Waals surface area contributed by atoms with E-state index in [2.05, 4.69) is 5.32 Å². The summed E-state index contributed by atoms with van der Waals surface area (Å²) in [5.74, 6) is -1.59. The van der Waals surface area contributed by atoms with Crippen molar-refractivity contribution in [1.29, 1.82) is 0 Å². The van der Waals surface area contributed by atoms with Crippen LogP contribution in [0.25, 0.3) is 0 Å². The molecule has 2 N–H and O–H groups in total. The zero-order chi connectivity index (χ0) is 17.7. The molecule has 1 amide bonds. The van der Waals surface area contributed by atoms with Gasteiger partial charge < -0.3 is 15.2 Å². The van der Waals surface area contributed by atoms with Gasteiger partial charge in [0.1, 0.15) is 5.00 Å². The summed E-state index contributed by atoms with van der Waals surface area (Å²) >= 11 is 1.44. The van der Waals surface area contributed by atoms with Crippen LogP contribution in [-0.2, 0) is 27.2 Å². The number of carbonyl (C=O) groups is 3. The topological polar surface area (TPSA) is 92.7 Å². The third-order valence-electron chi connectivity index (χ3n) is 3.77. The number of hydrogen-bond acceptors (Lipinski definition) is 5. The highest BCUT2D eigenvalue weighted by molar-refractivity contribution is 7.17. The van der Waals surface area contributed by atoms with Gasteiger partial charge in [-0.15, -0.1) is 11.3 Å². The lowest BCUT2D eigenvalue weighted by molar-refractivity contribution is -0.137. The normalized spacial score (nSPS) is 13.5. The number of nitrogens with one attached hydrogen (secondary N) is 1. The van der Waals surface area contributed by atoms with Gasteiger partial charge in [0.25, 0.3) is 0 Å². The molecule has 0 aromatic carbocycles. The van der Waals surface area contributed by atoms with Crippen molar-refractivity contribution in [3.05, 3.63) is 16.0 Å². The molecule has 132 valence electrons. The van der Waals surface area contributed by atoms with Crippen LogP contribution in [0.4, 0.5) is 5.00 Å². The summed E-state index contributed by atoms with van der Waals surface area (Å²) in [6, 6.07) is 0. The standard InChI is InChI=1S/C17H23NO5S/c1-10(2)23-17(22)15-11-6-3-4-7-12(11)24-16(15)18-13(19)8-5-9-14(20)21/h10H,3-9H2,1-2H3,(H,18,19)(H,20,21). The number of fused-ring (bicyclic) bond motifs is 1. The third-order valence-corrected chi connectivity index (χ3v) is 4.97. The van der Waals surface area contributed by atoms with Crippen LogP contribution in [0, 0.1) is 0 Å². The molecule has 0 saturated heterocycles. The summed E-state index contributed by atoms with van der Waals surface area (Å²) in [6.07, 6.45) is 3.97. The van der Waals surface area contributed by atoms with Gasteiger partial charge in [-0.2, -0.15) is 0 Å². The molecule has 1 aromatic rings. The Morgan fingerprint density at radius 1 is 1.21 bits per heavy atom. The van der Waals surface area contributed by atoms with Crippen molar-refractivity contribution in [2.75, 3.05) is 5.32 Å². The van der Waals surface area contributed by atoms with Crippen molar-refractivity contribution < 1.29 is 24.2 Å². The highest BCUT2D eigenvalue weighted by atomic mass is 32.1. The van der Waals surface area contributed by atoms with E-state index in [1.54, 1.807) is 13.8 Å². The smallest absolute Gasteiger partial charge is 0.341 e. The second kappa shape index (κ2) is 8.28. The summed E-state index contributed by atoms with van der Waals surface area (Å²) in [5, 5.41) is 12.0. The van der Waals surface area contributed by atoms with Gasteiger partial charge in [-0.25, -0.2) is 4.79 Å². The van der Waals surface area contributed by atoms with Crippen LogP contribution in [0.3, 0.4) is 0 Å². The van der Waals surface area contributed by atoms with Gasteiger partial charge in [-0.05, 0) is 51.5 Å². The second-order valence-electron chi connectivity index (χ2n) is 6.16. The molecule has 2 rings (SSSR count). The molecule has 1 aliphatic rings. The molecule has 1 aromatic heterocycles. The van der Waals surface area contributed by atoms with Crippen molar-refractivity contribution in [3.8, 4) is 0 Å². The van der Waals surface area contributed by atoms with Gasteiger partial charge in [0.05, 0.1) is 11.7 Å². The molecule has 0 spiro atoms. The van der Waals surface area contributed by atoms with Gasteiger partial charge in [0.2, 0.25) is 5.91 Å². The van der Waals surface area contributed by atoms with Crippen LogP contribution >= 0.6 is 11.3 Å². The zero-order valence-corrected chi connectivity index (χ0v) is 14.8. The first kappa shape index (κ1) is 18.4. The Hall–Kier alpha value is -1.89. The maximum absolute atomic E-state index is 12.4. The molecule has 0 fully saturated rings. The summed E-state index contributed by atoms with van der Waals surface area (Å²) in [6.45, 7) is 3.59. The molecule has 0 aliphatic heterocycles. The second-order valence-corrected chi connectivity index (χ2v) is 7.27. The number of thiophene rings is 1. The van der Waals surface area contributed by atoms with E-state index in [1.165, 1.54) is 11.3 Å². The summed E-state index contributed by atoms with van der Waals surface area (Å²) in [7, 11) is 0. The number of amides is 1. The lowest BCUT2D eigenvalue weighted by atomic mass is 9.95. The van der Waals surface area contributed by atoms with E-state index in [0.717, 1.165) is 36.1 Å². The summed E-state index contributed by atoms with van der Waals surface area (Å²) in [4.78, 5) is 36.2. The molecule has 0 unspecified atom stereocenters. The van der Waals surface area contributed by atoms with Crippen LogP contribution in [-0.4, -0.2) is 29.1 Å². The van der Waals surface area contributed by atoms with Gasteiger partial charge in [-0.1, -0.05) is 0 Å². The first-order chi connectivity index (χ1) is 11.4. The largest absolute Gasteiger partial charge is 0.481 e. The first-order valence-electron chi connectivity index (χ1n) is 8.25. The van der Waals surface area contributed by atoms with Crippen LogP contribution < -0.4 is 5.32 Å². The quantitative estimate of drug-likeness (QED) is 0.733. The van der Waals surface area contributed by atoms with Gasteiger partial charge in [-0.3, -0.25) is 9.59 Å². The van der Waals surface area contributed by atoms with Crippen LogP contribution in [0.5, 0.6) is 0 Å². The zero-order valence-electron chi connectivity index (χ0n) is 14.0. The monoisotopic (exact) mass is 353 g/mol. The van der Waals surface area contributed by atoms with Crippen molar-refractivity contribution in [2.45, 2.75) is 64.9 Å². The van der Waals surface area contributed by atoms with E-state index in [-0.39, 0.29) is 31.3 Å². The number of hydrogen-bond donors (Lipinski definition) is 2. The van der Waals surface area contributed by atoms with Crippen molar-refractivity contribution in [1.82, 2.24) is 0 Å². The lowest BCUT2D eigenvalue weighted by Gasteiger charge is -2.14. The Bertz CT molecular complexity index is 635. The van der Waals surface area contributed by atoms with Gasteiger partial charge >= 0.3 is 11.9 Å². The first-order valence-corrected chi connectivity index (χ1v) is 9.07. The minimum atomic E-state index is -0.921. The third kappa shape index (κ3) is 4.80. The number of esters is 1. The number of ether oxygens (including phenoxy) is 1. The number of carboxylic acids is 1. The molecule has 0 bridgehead atoms. The molecular weight excluding hydrogens is 330 g/mol. The van der Waals surface area contributed by atoms with E-state index < -0.39 is 11.9 Å². The van der Waals surface area contributed by atoms with Crippen molar-refractivity contribution >= 4 is 34.2 Å². The number of anilines is 1. The molecule has 1 heterocycles. The maximum Gasteiger partial charge on any atom is 0.341 e. The molecule has 6 nitrogen and oxygen atoms in total. The fourth-order valence-corrected chi connectivity index (χ4v) is 4.03. The average molecular weight is 353 g/mol. The predicted octanol–water partition coefficient (Wildman–Crippen LogP) is 3.39. The number of rotatable bonds is 7. The minimum absolute atomic E-state index is 0.0450. The lowest BCUT2D eigenvalue weighted by Crippen LogP contribution is -2.17. The highest BCUT2D eigenvalue weighted by Crippen LogP contribution is 2.38. The van der Waals surface area contributed by atoms with Crippen LogP contribution in [0.2, 0.25) is 0 Å². The molecule has 0 atom stereocenters. The highest BCUT2D eigenvalue weighted by Gasteiger charge is 2.27. The molecule has 0 saturated carbocycles. The fourth-order valence-electron chi connectivity index (χ4n) is 2.73. The Kier molecular flexibility index (Phi) is 6.36. The van der Waals surface area contributed by atoms with E-state index in [4.69, 9.17) is 9.84 Å². The van der Waals surface area contributed by atoms with Gasteiger partial charge in [0, 0.05) is 17.7 Å². The van der Waals surface area contributed by atoms with Crippen LogP contribution in [0.15, 0.2) is 0 Å². The Morgan fingerprint density at radius 3 is 2.58 bits per heavy atom. The van der Waals surface area contributed by atoms with Crippen molar-refractivity contribution in [2.24, 2.45) is 0 Å². The molecule has 0 radical (unpaired) electrons. The van der Waals surface area contributed by atoms with Crippen LogP contribution in [0.1, 0.15) is 66.8 Å². The van der Waals surface area contributed by atoms with E-state index in [0.29, 0.717) is 10.6 Å². The SMILES string of the molecule is CC(C)OC(=O)c1c(NC(=O)CCCC(=O)O)sc2c1CCCC2. The number of carboxylic acid groups (broad SMARTS) is 1. The van der Waals surface area contributed by atoms with E-state index in [9.17, 15) is 14.4 Å². The van der Waals surface area contributed by atoms with Gasteiger partial charge in [0.15, 0.2) is 0 Å². The number of aryl methyl sites for hydroxylation is 1. The fraction of sp³-hybridized carbons (Fsp3) is 0.588. The minimum Gasteiger partial charge on any atom is -0.481 e. The number of carbonyl (C=O) groups excluding carboxylic acids is 2. The molecule has 1 aliphatic carbocycles. The Morgan fingerprint density at radius 2 is 1.92 bits per heavy atom. The predicted molar refractivity (Wildman–Crippen MR) is 91.6 cm³/mol. The summed E-state index contributed by atoms with van der Waals surface area (Å²) < 4.78 is 5.33. The molecular formula is C17H23NO5S. The Labute approximate surface area is 145 Å². The van der Waals surface area contributed by atoms with Crippen molar-refractivity contribution in [3.63, 3.8) is 0 Å². The maximum atomic E-state index is 12.4.